The molecule has 10 heteroatoms. The molecule has 2 aromatic rings. The fourth-order valence-electron chi connectivity index (χ4n) is 4.07. The molecule has 1 fully saturated rings. The summed E-state index contributed by atoms with van der Waals surface area (Å²) in [6, 6.07) is 13.4. The number of hydrogen-bond donors (Lipinski definition) is 4. The van der Waals surface area contributed by atoms with Crippen molar-refractivity contribution >= 4 is 17.7 Å². The number of nitrogens with zero attached hydrogens (tertiary/aromatic N) is 1. The number of aliphatic hydroxyl groups excluding tert-OH is 1. The zero-order valence-corrected chi connectivity index (χ0v) is 23.5. The summed E-state index contributed by atoms with van der Waals surface area (Å²) in [6.07, 6.45) is 0.780. The van der Waals surface area contributed by atoms with Crippen molar-refractivity contribution in [3.63, 3.8) is 0 Å². The maximum atomic E-state index is 13.3. The molecule has 214 valence electrons. The van der Waals surface area contributed by atoms with Gasteiger partial charge in [0, 0.05) is 43.8 Å². The zero-order chi connectivity index (χ0) is 29.5. The van der Waals surface area contributed by atoms with Crippen LogP contribution in [0, 0.1) is 11.8 Å². The van der Waals surface area contributed by atoms with Gasteiger partial charge in [0.1, 0.15) is 6.10 Å². The van der Waals surface area contributed by atoms with Crippen molar-refractivity contribution in [2.45, 2.75) is 63.6 Å². The fraction of sp³-hybridized carbons (Fsp3) is 0.433. The Kier molecular flexibility index (Phi) is 10.1. The van der Waals surface area contributed by atoms with E-state index in [1.165, 1.54) is 34.9 Å². The predicted octanol–water partition coefficient (Wildman–Crippen LogP) is 2.04. The Morgan fingerprint density at radius 1 is 1.00 bits per heavy atom. The summed E-state index contributed by atoms with van der Waals surface area (Å²) >= 11 is 0. The second-order valence-electron chi connectivity index (χ2n) is 10.4. The highest BCUT2D eigenvalue weighted by Gasteiger charge is 2.47. The van der Waals surface area contributed by atoms with Gasteiger partial charge in [0.2, 0.25) is 0 Å². The van der Waals surface area contributed by atoms with Crippen molar-refractivity contribution in [3.05, 3.63) is 70.8 Å². The lowest BCUT2D eigenvalue weighted by atomic mass is 9.94. The number of nitrogens with one attached hydrogen (secondary N) is 2. The Balaban J connectivity index is 1.70. The summed E-state index contributed by atoms with van der Waals surface area (Å²) in [5, 5.41) is 22.6. The second-order valence-corrected chi connectivity index (χ2v) is 10.4. The molecular weight excluding hydrogens is 514 g/mol. The van der Waals surface area contributed by atoms with Crippen molar-refractivity contribution in [2.24, 2.45) is 0 Å². The van der Waals surface area contributed by atoms with Crippen LogP contribution in [0.15, 0.2) is 48.5 Å². The SMILES string of the molecule is CNC(=O)[C@@](C)(C(=O)NOC1CCCCO1)N(C)C(=O)c1ccc(C#Cc2ccc(C(O)C(C)(C)O)cc2)cc1. The van der Waals surface area contributed by atoms with E-state index in [0.717, 1.165) is 17.7 Å². The minimum Gasteiger partial charge on any atom is -0.387 e. The zero-order valence-electron chi connectivity index (χ0n) is 23.5. The molecule has 3 amide bonds. The monoisotopic (exact) mass is 551 g/mol. The molecule has 0 aromatic heterocycles. The van der Waals surface area contributed by atoms with E-state index in [4.69, 9.17) is 9.57 Å². The Hall–Kier alpha value is -3.75. The van der Waals surface area contributed by atoms with Crippen LogP contribution in [0.3, 0.4) is 0 Å². The van der Waals surface area contributed by atoms with Crippen molar-refractivity contribution < 1.29 is 34.2 Å². The molecular formula is C30H37N3O7. The maximum Gasteiger partial charge on any atom is 0.279 e. The molecule has 1 aliphatic rings. The average molecular weight is 552 g/mol. The first kappa shape index (κ1) is 30.8. The van der Waals surface area contributed by atoms with Gasteiger partial charge in [-0.15, -0.1) is 0 Å². The Morgan fingerprint density at radius 2 is 1.57 bits per heavy atom. The Bertz CT molecular complexity index is 1250. The van der Waals surface area contributed by atoms with Crippen LogP contribution in [0.1, 0.15) is 73.2 Å². The molecule has 3 rings (SSSR count). The molecule has 0 bridgehead atoms. The van der Waals surface area contributed by atoms with Crippen molar-refractivity contribution in [1.29, 1.82) is 0 Å². The highest BCUT2D eigenvalue weighted by atomic mass is 16.8. The molecule has 1 saturated heterocycles. The minimum absolute atomic E-state index is 0.262. The van der Waals surface area contributed by atoms with E-state index in [-0.39, 0.29) is 5.56 Å². The smallest absolute Gasteiger partial charge is 0.279 e. The van der Waals surface area contributed by atoms with Crippen LogP contribution in [0.4, 0.5) is 0 Å². The third-order valence-corrected chi connectivity index (χ3v) is 6.89. The molecule has 2 unspecified atom stereocenters. The molecule has 1 heterocycles. The van der Waals surface area contributed by atoms with E-state index < -0.39 is 41.3 Å². The van der Waals surface area contributed by atoms with Gasteiger partial charge in [0.25, 0.3) is 17.7 Å². The van der Waals surface area contributed by atoms with E-state index in [0.29, 0.717) is 29.7 Å². The maximum absolute atomic E-state index is 13.3. The van der Waals surface area contributed by atoms with Gasteiger partial charge in [-0.25, -0.2) is 10.3 Å². The van der Waals surface area contributed by atoms with Gasteiger partial charge in [-0.05, 0) is 75.6 Å². The summed E-state index contributed by atoms with van der Waals surface area (Å²) in [7, 11) is 2.76. The second kappa shape index (κ2) is 13.1. The lowest BCUT2D eigenvalue weighted by molar-refractivity contribution is -0.204. The van der Waals surface area contributed by atoms with E-state index in [2.05, 4.69) is 22.6 Å². The highest BCUT2D eigenvalue weighted by molar-refractivity contribution is 6.12. The van der Waals surface area contributed by atoms with Crippen molar-refractivity contribution in [3.8, 4) is 11.8 Å². The molecule has 0 spiro atoms. The quantitative estimate of drug-likeness (QED) is 0.224. The number of amides is 3. The Labute approximate surface area is 234 Å². The van der Waals surface area contributed by atoms with Crippen LogP contribution in [-0.4, -0.2) is 71.0 Å². The standard InChI is InChI=1S/C30H37N3O7/c1-29(2,38)25(34)22-15-11-20(12-16-22)9-10-21-13-17-23(18-14-21)26(35)33(5)30(3,27(36)31-4)28(37)32-40-24-8-6-7-19-39-24/h11-18,24-25,34,38H,6-8,19H2,1-5H3,(H,31,36)(H,32,37)/t24?,25?,30-/m0/s1. The number of aliphatic hydroxyl groups is 2. The summed E-state index contributed by atoms with van der Waals surface area (Å²) in [5.41, 5.74) is 1.32. The number of ether oxygens (including phenoxy) is 1. The number of hydrogen-bond acceptors (Lipinski definition) is 7. The minimum atomic E-state index is -1.90. The summed E-state index contributed by atoms with van der Waals surface area (Å²) < 4.78 is 5.44. The van der Waals surface area contributed by atoms with Crippen LogP contribution in [0.2, 0.25) is 0 Å². The van der Waals surface area contributed by atoms with Gasteiger partial charge in [0.15, 0.2) is 11.8 Å². The Morgan fingerprint density at radius 3 is 2.08 bits per heavy atom. The lowest BCUT2D eigenvalue weighted by Gasteiger charge is -2.36. The van der Waals surface area contributed by atoms with Crippen molar-refractivity contribution in [1.82, 2.24) is 15.7 Å². The predicted molar refractivity (Wildman–Crippen MR) is 148 cm³/mol. The fourth-order valence-corrected chi connectivity index (χ4v) is 4.07. The topological polar surface area (TPSA) is 137 Å². The molecule has 3 atom stereocenters. The van der Waals surface area contributed by atoms with Gasteiger partial charge >= 0.3 is 0 Å². The van der Waals surface area contributed by atoms with Crippen LogP contribution >= 0.6 is 0 Å². The highest BCUT2D eigenvalue weighted by Crippen LogP contribution is 2.25. The summed E-state index contributed by atoms with van der Waals surface area (Å²) in [4.78, 5) is 45.6. The van der Waals surface area contributed by atoms with Crippen molar-refractivity contribution in [2.75, 3.05) is 20.7 Å². The summed E-state index contributed by atoms with van der Waals surface area (Å²) in [5.74, 6) is 4.00. The number of carbonyl (C=O) groups excluding carboxylic acids is 3. The molecule has 40 heavy (non-hydrogen) atoms. The molecule has 2 aromatic carbocycles. The van der Waals surface area contributed by atoms with Crippen LogP contribution in [-0.2, 0) is 19.2 Å². The summed E-state index contributed by atoms with van der Waals surface area (Å²) in [6.45, 7) is 4.93. The molecule has 0 aliphatic carbocycles. The van der Waals surface area contributed by atoms with Crippen LogP contribution in [0.5, 0.6) is 0 Å². The molecule has 0 radical (unpaired) electrons. The first-order chi connectivity index (χ1) is 18.9. The van der Waals surface area contributed by atoms with Gasteiger partial charge in [-0.1, -0.05) is 24.0 Å². The third kappa shape index (κ3) is 7.25. The first-order valence-corrected chi connectivity index (χ1v) is 13.1. The molecule has 1 aliphatic heterocycles. The molecule has 4 N–H and O–H groups in total. The number of carbonyl (C=O) groups is 3. The van der Waals surface area contributed by atoms with Gasteiger partial charge < -0.3 is 25.2 Å². The molecule has 0 saturated carbocycles. The normalized spacial score (nSPS) is 17.4. The van der Waals surface area contributed by atoms with Gasteiger partial charge in [-0.3, -0.25) is 14.4 Å². The molecule has 10 nitrogen and oxygen atoms in total. The largest absolute Gasteiger partial charge is 0.387 e. The van der Waals surface area contributed by atoms with Crippen LogP contribution in [0.25, 0.3) is 0 Å². The van der Waals surface area contributed by atoms with Crippen LogP contribution < -0.4 is 10.8 Å². The average Bonchev–Trinajstić information content (AvgIpc) is 2.97. The number of hydroxylamine groups is 1. The van der Waals surface area contributed by atoms with Gasteiger partial charge in [0.05, 0.1) is 5.60 Å². The van der Waals surface area contributed by atoms with E-state index in [1.54, 1.807) is 48.5 Å². The number of rotatable bonds is 8. The number of benzene rings is 2. The third-order valence-electron chi connectivity index (χ3n) is 6.89. The number of likely N-dealkylation sites (N-methyl/N-ethyl adjacent to an activating group) is 2. The first-order valence-electron chi connectivity index (χ1n) is 13.1. The van der Waals surface area contributed by atoms with Gasteiger partial charge in [-0.2, -0.15) is 0 Å². The van der Waals surface area contributed by atoms with E-state index in [1.807, 2.05) is 0 Å². The van der Waals surface area contributed by atoms with E-state index >= 15 is 0 Å². The lowest BCUT2D eigenvalue weighted by Crippen LogP contribution is -2.65. The van der Waals surface area contributed by atoms with E-state index in [9.17, 15) is 24.6 Å².